The highest BCUT2D eigenvalue weighted by Gasteiger charge is 2.45. The largest absolute Gasteiger partial charge is 0.455 e. The highest BCUT2D eigenvalue weighted by Crippen LogP contribution is 2.40. The van der Waals surface area contributed by atoms with E-state index in [1.54, 1.807) is 30.3 Å². The van der Waals surface area contributed by atoms with Gasteiger partial charge >= 0.3 is 0 Å². The molecule has 2 saturated heterocycles. The molecule has 4 aromatic rings. The Bertz CT molecular complexity index is 2630. The Morgan fingerprint density at radius 1 is 1.02 bits per heavy atom. The van der Waals surface area contributed by atoms with Crippen molar-refractivity contribution >= 4 is 56.7 Å². The van der Waals surface area contributed by atoms with Crippen LogP contribution in [0.2, 0.25) is 0 Å². The molecule has 64 heavy (non-hydrogen) atoms. The predicted octanol–water partition coefficient (Wildman–Crippen LogP) is 5.93. The minimum atomic E-state index is -4.49. The number of sulfonamides is 1. The fraction of sp³-hybridized carbons (Fsp3) is 0.413. The standard InChI is InChI=1S/C46H51FN8O8S/c1-46(25-33-5-6-35(47)21-34(33)28-54(46)45(57)31-3-4-31)29-52-15-17-53(18-16-52)36-7-9-39(42(23-36)63-37-22-32-11-14-48-43(32)50-27-37)44(56)51-64(59,60)38-8-10-40(41(24-38)55(58)61-2)49-26-30-12-19-62-20-13-30/h5-11,21-24,27,30-31,49,58H,3-4,12-13,15-20,25-26,28-29H2,1-2H3,(H,51,56). The lowest BCUT2D eigenvalue weighted by Crippen LogP contribution is -2.61. The van der Waals surface area contributed by atoms with Crippen LogP contribution in [0.1, 0.15) is 59.7 Å². The fourth-order valence-corrected chi connectivity index (χ4v) is 9.95. The van der Waals surface area contributed by atoms with Crippen molar-refractivity contribution in [2.24, 2.45) is 16.8 Å². The van der Waals surface area contributed by atoms with Crippen LogP contribution in [0.25, 0.3) is 6.08 Å². The average molecular weight is 895 g/mol. The van der Waals surface area contributed by atoms with Gasteiger partial charge in [-0.2, -0.15) is 4.99 Å². The lowest BCUT2D eigenvalue weighted by Gasteiger charge is -2.49. The number of ether oxygens (including phenoxy) is 2. The molecule has 1 aromatic heterocycles. The highest BCUT2D eigenvalue weighted by atomic mass is 32.2. The normalized spacial score (nSPS) is 19.9. The monoisotopic (exact) mass is 894 g/mol. The Morgan fingerprint density at radius 2 is 1.81 bits per heavy atom. The zero-order chi connectivity index (χ0) is 44.6. The first kappa shape index (κ1) is 43.4. The summed E-state index contributed by atoms with van der Waals surface area (Å²) in [6.45, 7) is 7.72. The molecular weight excluding hydrogens is 844 g/mol. The lowest BCUT2D eigenvalue weighted by molar-refractivity contribution is -0.141. The van der Waals surface area contributed by atoms with E-state index in [4.69, 9.17) is 14.3 Å². The number of rotatable bonds is 14. The number of piperazine rings is 1. The summed E-state index contributed by atoms with van der Waals surface area (Å²) < 4.78 is 55.9. The molecule has 2 amide bonds. The molecule has 0 bridgehead atoms. The number of aliphatic imine (C=N–C) groups is 1. The van der Waals surface area contributed by atoms with Crippen molar-refractivity contribution in [3.8, 4) is 11.5 Å². The van der Waals surface area contributed by atoms with Crippen LogP contribution in [0.3, 0.4) is 0 Å². The van der Waals surface area contributed by atoms with Crippen molar-refractivity contribution in [3.63, 3.8) is 0 Å². The topological polar surface area (TPSA) is 178 Å². The van der Waals surface area contributed by atoms with Crippen LogP contribution in [0.15, 0.2) is 76.7 Å². The molecule has 1 saturated carbocycles. The highest BCUT2D eigenvalue weighted by molar-refractivity contribution is 7.90. The molecule has 1 unspecified atom stereocenters. The summed E-state index contributed by atoms with van der Waals surface area (Å²) in [7, 11) is -3.25. The van der Waals surface area contributed by atoms with Crippen LogP contribution in [0.5, 0.6) is 11.5 Å². The number of carbonyl (C=O) groups is 2. The molecule has 3 aromatic carbocycles. The Morgan fingerprint density at radius 3 is 2.58 bits per heavy atom. The van der Waals surface area contributed by atoms with Crippen LogP contribution < -0.4 is 24.9 Å². The fourth-order valence-electron chi connectivity index (χ4n) is 8.97. The van der Waals surface area contributed by atoms with E-state index in [0.29, 0.717) is 99.4 Å². The van der Waals surface area contributed by atoms with Crippen LogP contribution in [-0.4, -0.2) is 111 Å². The molecule has 0 radical (unpaired) electrons. The summed E-state index contributed by atoms with van der Waals surface area (Å²) >= 11 is 0. The van der Waals surface area contributed by atoms with E-state index in [9.17, 15) is 27.6 Å². The number of aromatic nitrogens is 1. The molecule has 1 aliphatic carbocycles. The van der Waals surface area contributed by atoms with Crippen molar-refractivity contribution in [2.45, 2.75) is 56.0 Å². The first-order valence-corrected chi connectivity index (χ1v) is 23.1. The zero-order valence-corrected chi connectivity index (χ0v) is 36.6. The van der Waals surface area contributed by atoms with Gasteiger partial charge in [0.25, 0.3) is 15.9 Å². The van der Waals surface area contributed by atoms with Crippen molar-refractivity contribution in [1.82, 2.24) is 19.5 Å². The van der Waals surface area contributed by atoms with Crippen molar-refractivity contribution in [1.29, 1.82) is 0 Å². The number of amides is 2. The summed E-state index contributed by atoms with van der Waals surface area (Å²) in [5.74, 6) is 2.93. The van der Waals surface area contributed by atoms with Gasteiger partial charge in [0.05, 0.1) is 35.0 Å². The third-order valence-corrected chi connectivity index (χ3v) is 14.0. The van der Waals surface area contributed by atoms with E-state index in [2.05, 4.69) is 42.6 Å². The Kier molecular flexibility index (Phi) is 12.2. The molecule has 336 valence electrons. The molecule has 18 heteroatoms. The summed E-state index contributed by atoms with van der Waals surface area (Å²) in [6, 6.07) is 15.7. The molecular formula is C46H51FN8O8S. The molecule has 0 spiro atoms. The summed E-state index contributed by atoms with van der Waals surface area (Å²) in [5, 5.41) is 14.3. The van der Waals surface area contributed by atoms with Gasteiger partial charge in [0.2, 0.25) is 5.91 Å². The number of nitrogens with one attached hydrogen (secondary N) is 2. The van der Waals surface area contributed by atoms with Crippen LogP contribution in [0.4, 0.5) is 27.3 Å². The average Bonchev–Trinajstić information content (AvgIpc) is 4.05. The van der Waals surface area contributed by atoms with Gasteiger partial charge in [0.15, 0.2) is 5.82 Å². The number of nitrogens with zero attached hydrogens (tertiary/aromatic N) is 6. The number of pyridine rings is 1. The molecule has 4 aliphatic heterocycles. The van der Waals surface area contributed by atoms with Gasteiger partial charge in [0.1, 0.15) is 23.0 Å². The van der Waals surface area contributed by atoms with Crippen molar-refractivity contribution in [3.05, 3.63) is 94.9 Å². The van der Waals surface area contributed by atoms with E-state index < -0.39 is 21.5 Å². The minimum absolute atomic E-state index is 0.0348. The molecule has 16 nitrogen and oxygen atoms in total. The van der Waals surface area contributed by atoms with Gasteiger partial charge in [-0.1, -0.05) is 6.07 Å². The Labute approximate surface area is 371 Å². The van der Waals surface area contributed by atoms with Gasteiger partial charge in [-0.15, -0.1) is 5.23 Å². The van der Waals surface area contributed by atoms with Crippen LogP contribution in [-0.2, 0) is 37.4 Å². The van der Waals surface area contributed by atoms with Crippen LogP contribution >= 0.6 is 0 Å². The summed E-state index contributed by atoms with van der Waals surface area (Å²) in [6.07, 6.45) is 7.29. The second-order valence-corrected chi connectivity index (χ2v) is 19.0. The minimum Gasteiger partial charge on any atom is -0.455 e. The number of hydrogen-bond acceptors (Lipinski definition) is 14. The SMILES string of the molecule is CON(O)c1cc(S(=O)(=O)NC(=O)c2ccc(N3CCN(CC4(C)Cc5ccc(F)cc5CN4C(=O)C4CC4)CC3)cc2Oc2cnc3c(c2)C=C=N3)ccc1NCC1CCOCC1. The molecule has 5 aliphatic rings. The number of anilines is 3. The van der Waals surface area contributed by atoms with E-state index >= 15 is 0 Å². The number of halogens is 1. The van der Waals surface area contributed by atoms with Crippen molar-refractivity contribution in [2.75, 3.05) is 75.0 Å². The van der Waals surface area contributed by atoms with E-state index in [-0.39, 0.29) is 39.5 Å². The second-order valence-electron chi connectivity index (χ2n) is 17.3. The summed E-state index contributed by atoms with van der Waals surface area (Å²) in [5.41, 5.74) is 3.32. The molecule has 5 heterocycles. The van der Waals surface area contributed by atoms with Gasteiger partial charge in [-0.3, -0.25) is 24.5 Å². The number of benzene rings is 3. The van der Waals surface area contributed by atoms with Gasteiger partial charge in [-0.05, 0) is 110 Å². The number of hydrogen-bond donors (Lipinski definition) is 3. The Hall–Kier alpha value is -5.88. The van der Waals surface area contributed by atoms with Crippen LogP contribution in [0, 0.1) is 17.7 Å². The third-order valence-electron chi connectivity index (χ3n) is 12.7. The van der Waals surface area contributed by atoms with Crippen molar-refractivity contribution < 1.29 is 41.9 Å². The third kappa shape index (κ3) is 9.34. The van der Waals surface area contributed by atoms with E-state index in [1.807, 2.05) is 11.0 Å². The smallest absolute Gasteiger partial charge is 0.268 e. The molecule has 9 rings (SSSR count). The van der Waals surface area contributed by atoms with Gasteiger partial charge in [0, 0.05) is 88.3 Å². The predicted molar refractivity (Wildman–Crippen MR) is 237 cm³/mol. The maximum Gasteiger partial charge on any atom is 0.268 e. The summed E-state index contributed by atoms with van der Waals surface area (Å²) in [4.78, 5) is 47.3. The molecule has 1 atom stereocenters. The zero-order valence-electron chi connectivity index (χ0n) is 35.8. The maximum absolute atomic E-state index is 14.2. The Balaban J connectivity index is 0.926. The molecule has 3 fully saturated rings. The first-order chi connectivity index (χ1) is 30.9. The van der Waals surface area contributed by atoms with E-state index in [0.717, 1.165) is 42.5 Å². The van der Waals surface area contributed by atoms with Gasteiger partial charge < -0.3 is 24.6 Å². The maximum atomic E-state index is 14.2. The quantitative estimate of drug-likeness (QED) is 0.112. The number of fused-ring (bicyclic) bond motifs is 2. The number of carbonyl (C=O) groups excluding carboxylic acids is 2. The van der Waals surface area contributed by atoms with E-state index in [1.165, 1.54) is 43.6 Å². The first-order valence-electron chi connectivity index (χ1n) is 21.6. The molecule has 3 N–H and O–H groups in total. The lowest BCUT2D eigenvalue weighted by atomic mass is 9.83. The van der Waals surface area contributed by atoms with Gasteiger partial charge in [-0.25, -0.2) is 22.5 Å². The second kappa shape index (κ2) is 17.9.